The number of anilines is 1. The molecule has 106 valence electrons. The smallest absolute Gasteiger partial charge is 0.312 e. The zero-order valence-electron chi connectivity index (χ0n) is 11.2. The lowest BCUT2D eigenvalue weighted by atomic mass is 10.1. The van der Waals surface area contributed by atoms with Gasteiger partial charge in [0, 0.05) is 18.3 Å². The first-order valence-corrected chi connectivity index (χ1v) is 6.23. The summed E-state index contributed by atoms with van der Waals surface area (Å²) in [6.45, 7) is 1.73. The van der Waals surface area contributed by atoms with Crippen LogP contribution in [0.5, 0.6) is 0 Å². The molecule has 7 heteroatoms. The molecule has 21 heavy (non-hydrogen) atoms. The second-order valence-electron chi connectivity index (χ2n) is 4.28. The molecule has 0 atom stereocenters. The molecule has 0 unspecified atom stereocenters. The Balaban J connectivity index is 2.46. The van der Waals surface area contributed by atoms with E-state index in [0.29, 0.717) is 23.2 Å². The molecule has 7 nitrogen and oxygen atoms in total. The summed E-state index contributed by atoms with van der Waals surface area (Å²) in [5.74, 6) is -0.145. The lowest BCUT2D eigenvalue weighted by Crippen LogP contribution is -2.09. The molecule has 2 N–H and O–H groups in total. The normalized spacial score (nSPS) is 9.90. The van der Waals surface area contributed by atoms with Crippen molar-refractivity contribution in [3.63, 3.8) is 0 Å². The number of benzene rings is 1. The standard InChI is InChI=1S/C14H12N4O3/c1-2-13(19)17-10-5-3-4-9(6-10)11-8-16-12(7-15)14(11)18(20)21/h3-6,8,16H,2H2,1H3,(H,17,19). The molecule has 2 rings (SSSR count). The van der Waals surface area contributed by atoms with Crippen molar-refractivity contribution in [3.05, 3.63) is 46.3 Å². The number of aromatic amines is 1. The topological polar surface area (TPSA) is 112 Å². The van der Waals surface area contributed by atoms with E-state index in [9.17, 15) is 14.9 Å². The summed E-state index contributed by atoms with van der Waals surface area (Å²) in [7, 11) is 0. The Labute approximate surface area is 120 Å². The van der Waals surface area contributed by atoms with E-state index in [1.807, 2.05) is 0 Å². The van der Waals surface area contributed by atoms with E-state index < -0.39 is 4.92 Å². The highest BCUT2D eigenvalue weighted by Crippen LogP contribution is 2.33. The van der Waals surface area contributed by atoms with E-state index >= 15 is 0 Å². The third kappa shape index (κ3) is 2.90. The van der Waals surface area contributed by atoms with Gasteiger partial charge in [0.1, 0.15) is 6.07 Å². The predicted octanol–water partition coefficient (Wildman–Crippen LogP) is 2.81. The molecular formula is C14H12N4O3. The second kappa shape index (κ2) is 5.88. The van der Waals surface area contributed by atoms with E-state index in [1.165, 1.54) is 6.20 Å². The third-order valence-corrected chi connectivity index (χ3v) is 2.93. The fourth-order valence-electron chi connectivity index (χ4n) is 1.92. The van der Waals surface area contributed by atoms with Crippen LogP contribution in [0.3, 0.4) is 0 Å². The van der Waals surface area contributed by atoms with E-state index in [-0.39, 0.29) is 17.3 Å². The minimum Gasteiger partial charge on any atom is -0.347 e. The number of aromatic nitrogens is 1. The number of nitrogens with one attached hydrogen (secondary N) is 2. The molecule has 0 aliphatic carbocycles. The summed E-state index contributed by atoms with van der Waals surface area (Å²) in [5, 5.41) is 22.7. The minimum atomic E-state index is -0.596. The van der Waals surface area contributed by atoms with E-state index in [2.05, 4.69) is 10.3 Å². The van der Waals surface area contributed by atoms with Gasteiger partial charge in [-0.25, -0.2) is 0 Å². The number of carbonyl (C=O) groups is 1. The van der Waals surface area contributed by atoms with Crippen LogP contribution < -0.4 is 5.32 Å². The van der Waals surface area contributed by atoms with Crippen LogP contribution in [-0.4, -0.2) is 15.8 Å². The van der Waals surface area contributed by atoms with Crippen LogP contribution in [0.25, 0.3) is 11.1 Å². The number of hydrogen-bond donors (Lipinski definition) is 2. The molecule has 0 fully saturated rings. The highest BCUT2D eigenvalue weighted by molar-refractivity contribution is 5.91. The van der Waals surface area contributed by atoms with Gasteiger partial charge in [-0.1, -0.05) is 19.1 Å². The predicted molar refractivity (Wildman–Crippen MR) is 76.5 cm³/mol. The third-order valence-electron chi connectivity index (χ3n) is 2.93. The highest BCUT2D eigenvalue weighted by atomic mass is 16.6. The first-order valence-electron chi connectivity index (χ1n) is 6.23. The van der Waals surface area contributed by atoms with Crippen LogP contribution in [0.2, 0.25) is 0 Å². The van der Waals surface area contributed by atoms with Gasteiger partial charge < -0.3 is 10.3 Å². The number of rotatable bonds is 4. The van der Waals surface area contributed by atoms with Crippen molar-refractivity contribution >= 4 is 17.3 Å². The van der Waals surface area contributed by atoms with Gasteiger partial charge in [-0.2, -0.15) is 5.26 Å². The molecule has 1 amide bonds. The van der Waals surface area contributed by atoms with Gasteiger partial charge in [0.15, 0.2) is 5.69 Å². The number of amides is 1. The van der Waals surface area contributed by atoms with Crippen LogP contribution >= 0.6 is 0 Å². The molecule has 1 aromatic heterocycles. The number of nitriles is 1. The van der Waals surface area contributed by atoms with Gasteiger partial charge >= 0.3 is 5.69 Å². The highest BCUT2D eigenvalue weighted by Gasteiger charge is 2.23. The minimum absolute atomic E-state index is 0.0991. The van der Waals surface area contributed by atoms with Crippen molar-refractivity contribution in [2.75, 3.05) is 5.32 Å². The van der Waals surface area contributed by atoms with Gasteiger partial charge in [-0.3, -0.25) is 14.9 Å². The van der Waals surface area contributed by atoms with Crippen LogP contribution in [0, 0.1) is 21.4 Å². The Morgan fingerprint density at radius 2 is 2.29 bits per heavy atom. The average molecular weight is 284 g/mol. The molecular weight excluding hydrogens is 272 g/mol. The van der Waals surface area contributed by atoms with E-state index in [4.69, 9.17) is 5.26 Å². The summed E-state index contributed by atoms with van der Waals surface area (Å²) in [5.41, 5.74) is 1.04. The van der Waals surface area contributed by atoms with Crippen molar-refractivity contribution < 1.29 is 9.72 Å². The summed E-state index contributed by atoms with van der Waals surface area (Å²) in [6, 6.07) is 8.44. The maximum atomic E-state index is 11.4. The van der Waals surface area contributed by atoms with E-state index in [0.717, 1.165) is 0 Å². The summed E-state index contributed by atoms with van der Waals surface area (Å²) < 4.78 is 0. The summed E-state index contributed by atoms with van der Waals surface area (Å²) >= 11 is 0. The molecule has 0 aliphatic rings. The van der Waals surface area contributed by atoms with E-state index in [1.54, 1.807) is 37.3 Å². The Bertz CT molecular complexity index is 743. The molecule has 0 saturated carbocycles. The Morgan fingerprint density at radius 3 is 2.90 bits per heavy atom. The molecule has 0 aliphatic heterocycles. The fraction of sp³-hybridized carbons (Fsp3) is 0.143. The Morgan fingerprint density at radius 1 is 1.52 bits per heavy atom. The van der Waals surface area contributed by atoms with Crippen molar-refractivity contribution in [3.8, 4) is 17.2 Å². The molecule has 0 saturated heterocycles. The maximum Gasteiger partial charge on any atom is 0.312 e. The molecule has 1 heterocycles. The van der Waals surface area contributed by atoms with Crippen LogP contribution in [-0.2, 0) is 4.79 Å². The van der Waals surface area contributed by atoms with Gasteiger partial charge in [0.05, 0.1) is 10.5 Å². The largest absolute Gasteiger partial charge is 0.347 e. The van der Waals surface area contributed by atoms with Crippen molar-refractivity contribution in [2.45, 2.75) is 13.3 Å². The lowest BCUT2D eigenvalue weighted by Gasteiger charge is -2.05. The number of H-pyrrole nitrogens is 1. The molecule has 1 aromatic carbocycles. The summed E-state index contributed by atoms with van der Waals surface area (Å²) in [4.78, 5) is 24.5. The van der Waals surface area contributed by atoms with Gasteiger partial charge in [-0.15, -0.1) is 0 Å². The number of nitrogens with zero attached hydrogens (tertiary/aromatic N) is 2. The molecule has 0 spiro atoms. The fourth-order valence-corrected chi connectivity index (χ4v) is 1.92. The number of nitro groups is 1. The van der Waals surface area contributed by atoms with Gasteiger partial charge in [-0.05, 0) is 17.7 Å². The van der Waals surface area contributed by atoms with Gasteiger partial charge in [0.25, 0.3) is 0 Å². The quantitative estimate of drug-likeness (QED) is 0.664. The van der Waals surface area contributed by atoms with Crippen LogP contribution in [0.15, 0.2) is 30.5 Å². The van der Waals surface area contributed by atoms with Crippen molar-refractivity contribution in [1.82, 2.24) is 4.98 Å². The molecule has 0 radical (unpaired) electrons. The number of carbonyl (C=O) groups excluding carboxylic acids is 1. The molecule has 0 bridgehead atoms. The zero-order chi connectivity index (χ0) is 15.4. The van der Waals surface area contributed by atoms with Crippen LogP contribution in [0.1, 0.15) is 19.0 Å². The Hall–Kier alpha value is -3.14. The average Bonchev–Trinajstić information content (AvgIpc) is 2.91. The monoisotopic (exact) mass is 284 g/mol. The maximum absolute atomic E-state index is 11.4. The van der Waals surface area contributed by atoms with Crippen molar-refractivity contribution in [2.24, 2.45) is 0 Å². The Kier molecular flexibility index (Phi) is 4.00. The zero-order valence-corrected chi connectivity index (χ0v) is 11.2. The van der Waals surface area contributed by atoms with Crippen LogP contribution in [0.4, 0.5) is 11.4 Å². The first kappa shape index (κ1) is 14.3. The number of hydrogen-bond acceptors (Lipinski definition) is 4. The SMILES string of the molecule is CCC(=O)Nc1cccc(-c2c[nH]c(C#N)c2[N+](=O)[O-])c1. The lowest BCUT2D eigenvalue weighted by molar-refractivity contribution is -0.384. The molecule has 2 aromatic rings. The summed E-state index contributed by atoms with van der Waals surface area (Å²) in [6.07, 6.45) is 1.75. The first-order chi connectivity index (χ1) is 10.1. The second-order valence-corrected chi connectivity index (χ2v) is 4.28. The van der Waals surface area contributed by atoms with Gasteiger partial charge in [0.2, 0.25) is 5.91 Å². The van der Waals surface area contributed by atoms with Crippen molar-refractivity contribution in [1.29, 1.82) is 5.26 Å².